The number of anilines is 2. The Hall–Kier alpha value is -3.90. The number of esters is 1. The molecule has 6 nitrogen and oxygen atoms in total. The first-order valence-corrected chi connectivity index (χ1v) is 11.9. The van der Waals surface area contributed by atoms with E-state index in [4.69, 9.17) is 16.3 Å². The highest BCUT2D eigenvalue weighted by atomic mass is 35.5. The molecule has 0 atom stereocenters. The van der Waals surface area contributed by atoms with Crippen LogP contribution in [-0.2, 0) is 15.0 Å². The topological polar surface area (TPSA) is 75.7 Å². The van der Waals surface area contributed by atoms with Gasteiger partial charge in [-0.15, -0.1) is 0 Å². The van der Waals surface area contributed by atoms with Crippen LogP contribution in [0.25, 0.3) is 0 Å². The third kappa shape index (κ3) is 5.04. The molecule has 2 amide bonds. The van der Waals surface area contributed by atoms with E-state index < -0.39 is 17.8 Å². The molecule has 184 valence electrons. The van der Waals surface area contributed by atoms with Crippen molar-refractivity contribution in [2.24, 2.45) is 0 Å². The molecule has 7 heteroatoms. The van der Waals surface area contributed by atoms with Gasteiger partial charge in [0.1, 0.15) is 16.5 Å². The number of nitrogens with one attached hydrogen (secondary N) is 1. The van der Waals surface area contributed by atoms with Crippen LogP contribution in [0.1, 0.15) is 47.8 Å². The molecule has 0 aliphatic carbocycles. The number of hydrogen-bond donors (Lipinski definition) is 1. The van der Waals surface area contributed by atoms with Crippen LogP contribution in [0.15, 0.2) is 77.5 Å². The Balaban J connectivity index is 1.46. The number of ether oxygens (including phenoxy) is 1. The van der Waals surface area contributed by atoms with Crippen molar-refractivity contribution in [2.75, 3.05) is 10.2 Å². The molecule has 1 aliphatic rings. The molecule has 0 saturated carbocycles. The molecule has 3 aromatic rings. The van der Waals surface area contributed by atoms with Crippen molar-refractivity contribution in [3.8, 4) is 5.75 Å². The lowest BCUT2D eigenvalue weighted by molar-refractivity contribution is -0.120. The third-order valence-corrected chi connectivity index (χ3v) is 6.30. The monoisotopic (exact) mass is 502 g/mol. The Morgan fingerprint density at radius 1 is 0.889 bits per heavy atom. The van der Waals surface area contributed by atoms with Gasteiger partial charge in [-0.2, -0.15) is 0 Å². The van der Waals surface area contributed by atoms with Crippen molar-refractivity contribution >= 4 is 40.8 Å². The normalized spacial score (nSPS) is 13.9. The first-order chi connectivity index (χ1) is 17.0. The smallest absolute Gasteiger partial charge is 0.343 e. The summed E-state index contributed by atoms with van der Waals surface area (Å²) in [6.45, 7) is 10.1. The maximum absolute atomic E-state index is 13.1. The highest BCUT2D eigenvalue weighted by Crippen LogP contribution is 2.32. The van der Waals surface area contributed by atoms with E-state index in [9.17, 15) is 14.4 Å². The SMILES string of the molecule is Cc1ccc(C)c(N2C(=O)C(Cl)=C(Nc3ccc(C(=O)Oc4ccc(C(C)(C)C)cc4)cc3)C2=O)c1. The number of rotatable bonds is 5. The van der Waals surface area contributed by atoms with E-state index >= 15 is 0 Å². The van der Waals surface area contributed by atoms with E-state index in [1.54, 1.807) is 42.5 Å². The highest BCUT2D eigenvalue weighted by Gasteiger charge is 2.39. The van der Waals surface area contributed by atoms with E-state index in [2.05, 4.69) is 26.1 Å². The summed E-state index contributed by atoms with van der Waals surface area (Å²) in [6.07, 6.45) is 0. The average Bonchev–Trinajstić information content (AvgIpc) is 3.04. The summed E-state index contributed by atoms with van der Waals surface area (Å²) < 4.78 is 5.48. The fourth-order valence-corrected chi connectivity index (χ4v) is 4.03. The van der Waals surface area contributed by atoms with Crippen molar-refractivity contribution in [1.29, 1.82) is 0 Å². The summed E-state index contributed by atoms with van der Waals surface area (Å²) in [5, 5.41) is 2.73. The molecule has 0 unspecified atom stereocenters. The number of nitrogens with zero attached hydrogens (tertiary/aromatic N) is 1. The van der Waals surface area contributed by atoms with Crippen molar-refractivity contribution in [1.82, 2.24) is 0 Å². The Labute approximate surface area is 215 Å². The van der Waals surface area contributed by atoms with E-state index in [1.807, 2.05) is 38.1 Å². The van der Waals surface area contributed by atoms with Crippen LogP contribution in [0.4, 0.5) is 11.4 Å². The largest absolute Gasteiger partial charge is 0.423 e. The minimum Gasteiger partial charge on any atom is -0.423 e. The van der Waals surface area contributed by atoms with Gasteiger partial charge in [0.15, 0.2) is 0 Å². The minimum atomic E-state index is -0.587. The number of carbonyl (C=O) groups excluding carboxylic acids is 3. The lowest BCUT2D eigenvalue weighted by Gasteiger charge is -2.19. The fourth-order valence-electron chi connectivity index (χ4n) is 3.81. The summed E-state index contributed by atoms with van der Waals surface area (Å²) in [6, 6.07) is 19.3. The molecular formula is C29H27ClN2O4. The van der Waals surface area contributed by atoms with Crippen LogP contribution in [-0.4, -0.2) is 17.8 Å². The zero-order valence-corrected chi connectivity index (χ0v) is 21.6. The number of hydrogen-bond acceptors (Lipinski definition) is 5. The molecule has 4 rings (SSSR count). The number of imide groups is 1. The second-order valence-electron chi connectivity index (χ2n) is 9.79. The Morgan fingerprint density at radius 3 is 2.14 bits per heavy atom. The molecule has 0 saturated heterocycles. The maximum Gasteiger partial charge on any atom is 0.343 e. The average molecular weight is 503 g/mol. The third-order valence-electron chi connectivity index (χ3n) is 5.95. The Morgan fingerprint density at radius 2 is 1.53 bits per heavy atom. The van der Waals surface area contributed by atoms with Gasteiger partial charge in [0, 0.05) is 5.69 Å². The zero-order chi connectivity index (χ0) is 26.2. The minimum absolute atomic E-state index is 0.00488. The molecule has 1 N–H and O–H groups in total. The van der Waals surface area contributed by atoms with E-state index in [-0.39, 0.29) is 16.1 Å². The molecule has 0 fully saturated rings. The predicted molar refractivity (Wildman–Crippen MR) is 141 cm³/mol. The van der Waals surface area contributed by atoms with Crippen LogP contribution < -0.4 is 15.0 Å². The lowest BCUT2D eigenvalue weighted by atomic mass is 9.87. The van der Waals surface area contributed by atoms with Crippen LogP contribution in [0.2, 0.25) is 0 Å². The standard InChI is InChI=1S/C29H27ClN2O4/c1-17-6-7-18(2)23(16-17)32-26(33)24(30)25(27(32)34)31-21-12-8-19(9-13-21)28(35)36-22-14-10-20(11-15-22)29(3,4)5/h6-16,31H,1-5H3. The Kier molecular flexibility index (Phi) is 6.74. The van der Waals surface area contributed by atoms with Crippen molar-refractivity contribution in [2.45, 2.75) is 40.0 Å². The van der Waals surface area contributed by atoms with Crippen molar-refractivity contribution < 1.29 is 19.1 Å². The molecule has 36 heavy (non-hydrogen) atoms. The van der Waals surface area contributed by atoms with Gasteiger partial charge in [0.2, 0.25) is 0 Å². The molecule has 0 aromatic heterocycles. The molecule has 3 aromatic carbocycles. The van der Waals surface area contributed by atoms with E-state index in [0.29, 0.717) is 22.7 Å². The fraction of sp³-hybridized carbons (Fsp3) is 0.207. The van der Waals surface area contributed by atoms with Gasteiger partial charge >= 0.3 is 5.97 Å². The van der Waals surface area contributed by atoms with Gasteiger partial charge in [0.05, 0.1) is 11.3 Å². The first kappa shape index (κ1) is 25.2. The molecule has 0 radical (unpaired) electrons. The van der Waals surface area contributed by atoms with Crippen molar-refractivity contribution in [3.63, 3.8) is 0 Å². The van der Waals surface area contributed by atoms with Crippen LogP contribution in [0.3, 0.4) is 0 Å². The number of amides is 2. The summed E-state index contributed by atoms with van der Waals surface area (Å²) >= 11 is 6.25. The van der Waals surface area contributed by atoms with Gasteiger partial charge in [-0.05, 0) is 78.4 Å². The summed E-state index contributed by atoms with van der Waals surface area (Å²) in [7, 11) is 0. The van der Waals surface area contributed by atoms with Gasteiger partial charge in [-0.1, -0.05) is 56.6 Å². The van der Waals surface area contributed by atoms with E-state index in [1.165, 1.54) is 0 Å². The molecule has 0 bridgehead atoms. The van der Waals surface area contributed by atoms with Gasteiger partial charge < -0.3 is 10.1 Å². The molecule has 1 heterocycles. The van der Waals surface area contributed by atoms with Crippen LogP contribution in [0, 0.1) is 13.8 Å². The second kappa shape index (κ2) is 9.63. The van der Waals surface area contributed by atoms with Gasteiger partial charge in [-0.25, -0.2) is 9.69 Å². The van der Waals surface area contributed by atoms with Gasteiger partial charge in [0.25, 0.3) is 11.8 Å². The number of aryl methyl sites for hydroxylation is 2. The first-order valence-electron chi connectivity index (χ1n) is 11.5. The molecule has 1 aliphatic heterocycles. The maximum atomic E-state index is 13.1. The number of halogens is 1. The Bertz CT molecular complexity index is 1380. The quantitative estimate of drug-likeness (QED) is 0.253. The summed E-state index contributed by atoms with van der Waals surface area (Å²) in [5.74, 6) is -1.18. The van der Waals surface area contributed by atoms with E-state index in [0.717, 1.165) is 21.6 Å². The number of benzene rings is 3. The summed E-state index contributed by atoms with van der Waals surface area (Å²) in [4.78, 5) is 39.5. The second-order valence-corrected chi connectivity index (χ2v) is 10.2. The summed E-state index contributed by atoms with van der Waals surface area (Å²) in [5.41, 5.74) is 4.16. The lowest BCUT2D eigenvalue weighted by Crippen LogP contribution is -2.32. The predicted octanol–water partition coefficient (Wildman–Crippen LogP) is 6.26. The zero-order valence-electron chi connectivity index (χ0n) is 20.8. The van der Waals surface area contributed by atoms with Crippen LogP contribution >= 0.6 is 11.6 Å². The number of carbonyl (C=O) groups is 3. The molecule has 0 spiro atoms. The van der Waals surface area contributed by atoms with Crippen molar-refractivity contribution in [3.05, 3.63) is 99.7 Å². The van der Waals surface area contributed by atoms with Gasteiger partial charge in [-0.3, -0.25) is 9.59 Å². The highest BCUT2D eigenvalue weighted by molar-refractivity contribution is 6.53. The van der Waals surface area contributed by atoms with Crippen LogP contribution in [0.5, 0.6) is 5.75 Å². The molecular weight excluding hydrogens is 476 g/mol.